The average Bonchev–Trinajstić information content (AvgIpc) is 3.09. The summed E-state index contributed by atoms with van der Waals surface area (Å²) in [5.41, 5.74) is 2.53. The molecule has 142 valence electrons. The van der Waals surface area contributed by atoms with Crippen molar-refractivity contribution in [3.63, 3.8) is 0 Å². The first-order valence-corrected chi connectivity index (χ1v) is 9.73. The van der Waals surface area contributed by atoms with Gasteiger partial charge in [0.1, 0.15) is 0 Å². The third-order valence-electron chi connectivity index (χ3n) is 5.10. The van der Waals surface area contributed by atoms with Crippen LogP contribution in [0.15, 0.2) is 29.3 Å². The Hall–Kier alpha value is -2.08. The summed E-state index contributed by atoms with van der Waals surface area (Å²) in [6.07, 6.45) is 2.69. The van der Waals surface area contributed by atoms with E-state index in [0.717, 1.165) is 57.9 Å². The summed E-state index contributed by atoms with van der Waals surface area (Å²) in [4.78, 5) is 21.3. The lowest BCUT2D eigenvalue weighted by Gasteiger charge is -2.32. The fourth-order valence-corrected chi connectivity index (χ4v) is 3.59. The third-order valence-corrected chi connectivity index (χ3v) is 5.10. The summed E-state index contributed by atoms with van der Waals surface area (Å²) < 4.78 is 0. The van der Waals surface area contributed by atoms with Gasteiger partial charge in [-0.2, -0.15) is 0 Å². The Labute approximate surface area is 155 Å². The molecule has 0 aliphatic carbocycles. The van der Waals surface area contributed by atoms with E-state index >= 15 is 0 Å². The molecule has 2 N–H and O–H groups in total. The number of guanidine groups is 1. The summed E-state index contributed by atoms with van der Waals surface area (Å²) in [6.45, 7) is 6.66. The van der Waals surface area contributed by atoms with Crippen molar-refractivity contribution in [1.82, 2.24) is 15.1 Å². The van der Waals surface area contributed by atoms with Crippen LogP contribution >= 0.6 is 0 Å². The lowest BCUT2D eigenvalue weighted by atomic mass is 10.1. The highest BCUT2D eigenvalue weighted by atomic mass is 16.3. The van der Waals surface area contributed by atoms with Crippen LogP contribution in [-0.4, -0.2) is 59.1 Å². The highest BCUT2D eigenvalue weighted by Crippen LogP contribution is 2.22. The van der Waals surface area contributed by atoms with E-state index in [0.29, 0.717) is 13.0 Å². The topological polar surface area (TPSA) is 68.2 Å². The number of rotatable bonds is 5. The average molecular weight is 358 g/mol. The van der Waals surface area contributed by atoms with Gasteiger partial charge in [-0.3, -0.25) is 9.79 Å². The summed E-state index contributed by atoms with van der Waals surface area (Å²) in [5, 5.41) is 13.0. The van der Waals surface area contributed by atoms with Gasteiger partial charge in [-0.1, -0.05) is 24.3 Å². The van der Waals surface area contributed by atoms with Gasteiger partial charge in [0.05, 0.1) is 6.10 Å². The van der Waals surface area contributed by atoms with Crippen LogP contribution in [0.5, 0.6) is 0 Å². The predicted octanol–water partition coefficient (Wildman–Crippen LogP) is 1.73. The molecule has 6 heteroatoms. The largest absolute Gasteiger partial charge is 0.393 e. The minimum absolute atomic E-state index is 0.184. The van der Waals surface area contributed by atoms with Gasteiger partial charge in [0, 0.05) is 45.7 Å². The van der Waals surface area contributed by atoms with Crippen molar-refractivity contribution in [3.8, 4) is 0 Å². The van der Waals surface area contributed by atoms with Crippen molar-refractivity contribution in [1.29, 1.82) is 0 Å². The van der Waals surface area contributed by atoms with Gasteiger partial charge in [-0.25, -0.2) is 0 Å². The molecule has 1 amide bonds. The molecule has 1 aromatic carbocycles. The number of fused-ring (bicyclic) bond motifs is 1. The van der Waals surface area contributed by atoms with Gasteiger partial charge in [0.15, 0.2) is 5.96 Å². The fraction of sp³-hybridized carbons (Fsp3) is 0.600. The molecule has 0 saturated carbocycles. The molecule has 2 aliphatic rings. The van der Waals surface area contributed by atoms with Crippen molar-refractivity contribution in [3.05, 3.63) is 35.4 Å². The zero-order valence-corrected chi connectivity index (χ0v) is 15.7. The molecule has 0 bridgehead atoms. The molecule has 0 radical (unpaired) electrons. The summed E-state index contributed by atoms with van der Waals surface area (Å²) in [5.74, 6) is 1.11. The van der Waals surface area contributed by atoms with E-state index in [9.17, 15) is 9.90 Å². The second kappa shape index (κ2) is 9.03. The molecule has 0 aromatic heterocycles. The SMILES string of the molecule is CCNC(=NCCCC(=O)N1Cc2ccccc2C1)N1CCC(O)CC1. The molecular formula is C20H30N4O2. The first-order chi connectivity index (χ1) is 12.7. The van der Waals surface area contributed by atoms with Crippen LogP contribution in [0.4, 0.5) is 0 Å². The monoisotopic (exact) mass is 358 g/mol. The normalized spacial score (nSPS) is 18.2. The highest BCUT2D eigenvalue weighted by molar-refractivity contribution is 5.80. The number of benzene rings is 1. The van der Waals surface area contributed by atoms with Crippen LogP contribution < -0.4 is 5.32 Å². The van der Waals surface area contributed by atoms with Crippen LogP contribution in [-0.2, 0) is 17.9 Å². The van der Waals surface area contributed by atoms with Gasteiger partial charge >= 0.3 is 0 Å². The Morgan fingerprint density at radius 3 is 2.46 bits per heavy atom. The molecular weight excluding hydrogens is 328 g/mol. The zero-order chi connectivity index (χ0) is 18.4. The minimum atomic E-state index is -0.184. The van der Waals surface area contributed by atoms with E-state index in [1.54, 1.807) is 0 Å². The van der Waals surface area contributed by atoms with Crippen molar-refractivity contribution < 1.29 is 9.90 Å². The van der Waals surface area contributed by atoms with Crippen molar-refractivity contribution >= 4 is 11.9 Å². The Kier molecular flexibility index (Phi) is 6.50. The summed E-state index contributed by atoms with van der Waals surface area (Å²) in [6, 6.07) is 8.27. The smallest absolute Gasteiger partial charge is 0.223 e. The number of hydrogen-bond acceptors (Lipinski definition) is 3. The van der Waals surface area contributed by atoms with Crippen LogP contribution in [0.1, 0.15) is 43.7 Å². The number of amides is 1. The van der Waals surface area contributed by atoms with Gasteiger partial charge in [-0.05, 0) is 37.3 Å². The van der Waals surface area contributed by atoms with Gasteiger partial charge in [0.25, 0.3) is 0 Å². The number of aliphatic hydroxyl groups excluding tert-OH is 1. The Bertz CT molecular complexity index is 613. The van der Waals surface area contributed by atoms with Crippen molar-refractivity contribution in [2.75, 3.05) is 26.2 Å². The number of piperidine rings is 1. The molecule has 1 aromatic rings. The van der Waals surface area contributed by atoms with Gasteiger partial charge < -0.3 is 20.2 Å². The number of carbonyl (C=O) groups is 1. The molecule has 1 saturated heterocycles. The molecule has 0 atom stereocenters. The first kappa shape index (κ1) is 18.7. The molecule has 2 heterocycles. The molecule has 0 spiro atoms. The van der Waals surface area contributed by atoms with E-state index in [1.807, 2.05) is 17.0 Å². The van der Waals surface area contributed by atoms with Crippen molar-refractivity contribution in [2.24, 2.45) is 4.99 Å². The van der Waals surface area contributed by atoms with Gasteiger partial charge in [0.2, 0.25) is 5.91 Å². The number of aliphatic imine (C=N–C) groups is 1. The molecule has 1 fully saturated rings. The molecule has 26 heavy (non-hydrogen) atoms. The fourth-order valence-electron chi connectivity index (χ4n) is 3.59. The summed E-state index contributed by atoms with van der Waals surface area (Å²) in [7, 11) is 0. The van der Waals surface area contributed by atoms with Crippen LogP contribution in [0, 0.1) is 0 Å². The van der Waals surface area contributed by atoms with Crippen LogP contribution in [0.2, 0.25) is 0 Å². The first-order valence-electron chi connectivity index (χ1n) is 9.73. The molecule has 2 aliphatic heterocycles. The Morgan fingerprint density at radius 2 is 1.85 bits per heavy atom. The molecule has 6 nitrogen and oxygen atoms in total. The number of hydrogen-bond donors (Lipinski definition) is 2. The Morgan fingerprint density at radius 1 is 1.19 bits per heavy atom. The van der Waals surface area contributed by atoms with E-state index in [4.69, 9.17) is 0 Å². The second-order valence-electron chi connectivity index (χ2n) is 7.08. The zero-order valence-electron chi connectivity index (χ0n) is 15.7. The van der Waals surface area contributed by atoms with E-state index in [-0.39, 0.29) is 12.0 Å². The predicted molar refractivity (Wildman–Crippen MR) is 103 cm³/mol. The number of nitrogens with zero attached hydrogens (tertiary/aromatic N) is 3. The van der Waals surface area contributed by atoms with Gasteiger partial charge in [-0.15, -0.1) is 0 Å². The third kappa shape index (κ3) is 4.75. The molecule has 3 rings (SSSR count). The maximum Gasteiger partial charge on any atom is 0.223 e. The highest BCUT2D eigenvalue weighted by Gasteiger charge is 2.22. The summed E-state index contributed by atoms with van der Waals surface area (Å²) >= 11 is 0. The van der Waals surface area contributed by atoms with Crippen LogP contribution in [0.3, 0.4) is 0 Å². The second-order valence-corrected chi connectivity index (χ2v) is 7.08. The van der Waals surface area contributed by atoms with Crippen molar-refractivity contribution in [2.45, 2.75) is 51.8 Å². The lowest BCUT2D eigenvalue weighted by molar-refractivity contribution is -0.131. The number of aliphatic hydroxyl groups is 1. The van der Waals surface area contributed by atoms with E-state index in [1.165, 1.54) is 11.1 Å². The van der Waals surface area contributed by atoms with E-state index < -0.39 is 0 Å². The Balaban J connectivity index is 1.44. The van der Waals surface area contributed by atoms with E-state index in [2.05, 4.69) is 34.3 Å². The maximum absolute atomic E-state index is 12.4. The maximum atomic E-state index is 12.4. The standard InChI is InChI=1S/C20H30N4O2/c1-2-21-20(23-12-9-18(25)10-13-23)22-11-5-8-19(26)24-14-16-6-3-4-7-17(16)15-24/h3-4,6-7,18,25H,2,5,8-15H2,1H3,(H,21,22). The quantitative estimate of drug-likeness (QED) is 0.478. The number of nitrogens with one attached hydrogen (secondary N) is 1. The lowest BCUT2D eigenvalue weighted by Crippen LogP contribution is -2.46. The minimum Gasteiger partial charge on any atom is -0.393 e. The van der Waals surface area contributed by atoms with Crippen LogP contribution in [0.25, 0.3) is 0 Å². The molecule has 0 unspecified atom stereocenters. The number of likely N-dealkylation sites (tertiary alicyclic amines) is 1. The number of carbonyl (C=O) groups excluding carboxylic acids is 1.